The van der Waals surface area contributed by atoms with E-state index in [2.05, 4.69) is 10.3 Å². The Hall–Kier alpha value is -1.68. The van der Waals surface area contributed by atoms with E-state index in [0.29, 0.717) is 5.75 Å². The molecule has 1 aliphatic heterocycles. The van der Waals surface area contributed by atoms with E-state index in [-0.39, 0.29) is 5.75 Å². The maximum atomic E-state index is 9.90. The van der Waals surface area contributed by atoms with E-state index in [4.69, 9.17) is 4.74 Å². The molecule has 0 aliphatic carbocycles. The number of nitrogens with one attached hydrogen (secondary N) is 2. The third-order valence-electron chi connectivity index (χ3n) is 3.15. The zero-order valence-electron chi connectivity index (χ0n) is 9.13. The van der Waals surface area contributed by atoms with Gasteiger partial charge in [-0.2, -0.15) is 0 Å². The maximum absolute atomic E-state index is 9.90. The standard InChI is InChI=1S/C12H14N2O2/c1-16-7-4-9-8-2-3-13-6-10(8)14-12(9)11(15)5-7/h4-5,13-15H,2-3,6H2,1H3. The van der Waals surface area contributed by atoms with Crippen LogP contribution in [0, 0.1) is 0 Å². The van der Waals surface area contributed by atoms with Crippen molar-refractivity contribution in [2.75, 3.05) is 13.7 Å². The molecule has 0 saturated carbocycles. The molecule has 84 valence electrons. The molecule has 0 radical (unpaired) electrons. The van der Waals surface area contributed by atoms with E-state index in [1.165, 1.54) is 11.3 Å². The number of phenols is 1. The SMILES string of the molecule is COc1cc(O)c2[nH]c3c(c2c1)CCNC3. The second-order valence-corrected chi connectivity index (χ2v) is 4.08. The fraction of sp³-hybridized carbons (Fsp3) is 0.333. The lowest BCUT2D eigenvalue weighted by molar-refractivity contribution is 0.409. The summed E-state index contributed by atoms with van der Waals surface area (Å²) >= 11 is 0. The summed E-state index contributed by atoms with van der Waals surface area (Å²) in [6.45, 7) is 1.82. The van der Waals surface area contributed by atoms with Gasteiger partial charge in [0.05, 0.1) is 12.6 Å². The van der Waals surface area contributed by atoms with Gasteiger partial charge in [0.2, 0.25) is 0 Å². The molecule has 1 aromatic carbocycles. The minimum absolute atomic E-state index is 0.253. The molecule has 0 atom stereocenters. The van der Waals surface area contributed by atoms with Crippen LogP contribution in [-0.2, 0) is 13.0 Å². The molecule has 1 aliphatic rings. The number of benzene rings is 1. The smallest absolute Gasteiger partial charge is 0.143 e. The summed E-state index contributed by atoms with van der Waals surface area (Å²) in [7, 11) is 1.61. The number of phenolic OH excluding ortho intramolecular Hbond substituents is 1. The van der Waals surface area contributed by atoms with Crippen LogP contribution in [0.25, 0.3) is 10.9 Å². The van der Waals surface area contributed by atoms with E-state index in [1.54, 1.807) is 13.2 Å². The predicted octanol–water partition coefficient (Wildman–Crippen LogP) is 1.53. The van der Waals surface area contributed by atoms with Gasteiger partial charge >= 0.3 is 0 Å². The van der Waals surface area contributed by atoms with Crippen molar-refractivity contribution in [1.82, 2.24) is 10.3 Å². The number of ether oxygens (including phenoxy) is 1. The molecule has 0 amide bonds. The lowest BCUT2D eigenvalue weighted by Gasteiger charge is -2.12. The van der Waals surface area contributed by atoms with Crippen molar-refractivity contribution in [3.8, 4) is 11.5 Å². The second-order valence-electron chi connectivity index (χ2n) is 4.08. The molecule has 2 aromatic rings. The average molecular weight is 218 g/mol. The third kappa shape index (κ3) is 1.27. The summed E-state index contributed by atoms with van der Waals surface area (Å²) in [6.07, 6.45) is 0.988. The number of H-pyrrole nitrogens is 1. The fourth-order valence-corrected chi connectivity index (χ4v) is 2.34. The van der Waals surface area contributed by atoms with Crippen LogP contribution in [-0.4, -0.2) is 23.7 Å². The monoisotopic (exact) mass is 218 g/mol. The predicted molar refractivity (Wildman–Crippen MR) is 61.9 cm³/mol. The second kappa shape index (κ2) is 3.42. The molecule has 0 spiro atoms. The number of hydrogen-bond acceptors (Lipinski definition) is 3. The molecule has 0 fully saturated rings. The Morgan fingerprint density at radius 1 is 1.38 bits per heavy atom. The van der Waals surface area contributed by atoms with Gasteiger partial charge in [-0.1, -0.05) is 0 Å². The molecule has 0 bridgehead atoms. The normalized spacial score (nSPS) is 15.1. The highest BCUT2D eigenvalue weighted by molar-refractivity contribution is 5.91. The van der Waals surface area contributed by atoms with Gasteiger partial charge in [-0.25, -0.2) is 0 Å². The first-order chi connectivity index (χ1) is 7.79. The lowest BCUT2D eigenvalue weighted by atomic mass is 10.0. The van der Waals surface area contributed by atoms with Crippen LogP contribution in [0.3, 0.4) is 0 Å². The Morgan fingerprint density at radius 3 is 3.06 bits per heavy atom. The first-order valence-electron chi connectivity index (χ1n) is 5.40. The molecule has 0 saturated heterocycles. The molecular formula is C12H14N2O2. The van der Waals surface area contributed by atoms with Crippen molar-refractivity contribution in [2.45, 2.75) is 13.0 Å². The number of methoxy groups -OCH3 is 1. The first kappa shape index (κ1) is 9.54. The van der Waals surface area contributed by atoms with E-state index >= 15 is 0 Å². The van der Waals surface area contributed by atoms with Crippen molar-refractivity contribution in [1.29, 1.82) is 0 Å². The molecule has 1 aromatic heterocycles. The Bertz CT molecular complexity index is 545. The number of rotatable bonds is 1. The van der Waals surface area contributed by atoms with Gasteiger partial charge in [-0.3, -0.25) is 0 Å². The van der Waals surface area contributed by atoms with Crippen LogP contribution in [0.1, 0.15) is 11.3 Å². The van der Waals surface area contributed by atoms with Gasteiger partial charge in [-0.05, 0) is 24.6 Å². The van der Waals surface area contributed by atoms with Crippen molar-refractivity contribution in [3.63, 3.8) is 0 Å². The third-order valence-corrected chi connectivity index (χ3v) is 3.15. The molecule has 4 heteroatoms. The van der Waals surface area contributed by atoms with Crippen LogP contribution in [0.2, 0.25) is 0 Å². The quantitative estimate of drug-likeness (QED) is 0.680. The van der Waals surface area contributed by atoms with Crippen LogP contribution in [0.5, 0.6) is 11.5 Å². The zero-order chi connectivity index (χ0) is 11.1. The molecule has 0 unspecified atom stereocenters. The minimum atomic E-state index is 0.253. The summed E-state index contributed by atoms with van der Waals surface area (Å²) in [5.74, 6) is 0.953. The Balaban J connectivity index is 2.30. The number of aromatic amines is 1. The Kier molecular flexibility index (Phi) is 2.04. The summed E-state index contributed by atoms with van der Waals surface area (Å²) in [6, 6.07) is 3.62. The number of fused-ring (bicyclic) bond motifs is 3. The van der Waals surface area contributed by atoms with Crippen molar-refractivity contribution in [3.05, 3.63) is 23.4 Å². The molecule has 4 nitrogen and oxygen atoms in total. The molecule has 16 heavy (non-hydrogen) atoms. The first-order valence-corrected chi connectivity index (χ1v) is 5.40. The summed E-state index contributed by atoms with van der Waals surface area (Å²) in [4.78, 5) is 3.27. The molecule has 3 rings (SSSR count). The highest BCUT2D eigenvalue weighted by Gasteiger charge is 2.17. The van der Waals surface area contributed by atoms with Crippen LogP contribution in [0.4, 0.5) is 0 Å². The van der Waals surface area contributed by atoms with Gasteiger partial charge < -0.3 is 20.1 Å². The van der Waals surface area contributed by atoms with Crippen LogP contribution in [0.15, 0.2) is 12.1 Å². The van der Waals surface area contributed by atoms with Crippen molar-refractivity contribution >= 4 is 10.9 Å². The lowest BCUT2D eigenvalue weighted by Crippen LogP contribution is -2.22. The topological polar surface area (TPSA) is 57.3 Å². The van der Waals surface area contributed by atoms with Crippen LogP contribution < -0.4 is 10.1 Å². The highest BCUT2D eigenvalue weighted by atomic mass is 16.5. The molecular weight excluding hydrogens is 204 g/mol. The maximum Gasteiger partial charge on any atom is 0.143 e. The van der Waals surface area contributed by atoms with Gasteiger partial charge in [0, 0.05) is 23.7 Å². The van der Waals surface area contributed by atoms with Gasteiger partial charge in [0.25, 0.3) is 0 Å². The van der Waals surface area contributed by atoms with Gasteiger partial charge in [0.15, 0.2) is 0 Å². The van der Waals surface area contributed by atoms with E-state index in [0.717, 1.165) is 30.4 Å². The number of aromatic hydroxyl groups is 1. The summed E-state index contributed by atoms with van der Waals surface area (Å²) in [5, 5.41) is 14.3. The van der Waals surface area contributed by atoms with E-state index < -0.39 is 0 Å². The fourth-order valence-electron chi connectivity index (χ4n) is 2.34. The summed E-state index contributed by atoms with van der Waals surface area (Å²) in [5.41, 5.74) is 3.28. The van der Waals surface area contributed by atoms with E-state index in [9.17, 15) is 5.11 Å². The highest BCUT2D eigenvalue weighted by Crippen LogP contribution is 2.34. The summed E-state index contributed by atoms with van der Waals surface area (Å²) < 4.78 is 5.17. The largest absolute Gasteiger partial charge is 0.506 e. The minimum Gasteiger partial charge on any atom is -0.506 e. The van der Waals surface area contributed by atoms with E-state index in [1.807, 2.05) is 6.07 Å². The van der Waals surface area contributed by atoms with Crippen molar-refractivity contribution in [2.24, 2.45) is 0 Å². The van der Waals surface area contributed by atoms with Gasteiger partial charge in [-0.15, -0.1) is 0 Å². The average Bonchev–Trinajstić information content (AvgIpc) is 2.68. The Morgan fingerprint density at radius 2 is 2.25 bits per heavy atom. The van der Waals surface area contributed by atoms with Gasteiger partial charge in [0.1, 0.15) is 11.5 Å². The molecule has 3 N–H and O–H groups in total. The molecule has 2 heterocycles. The van der Waals surface area contributed by atoms with Crippen LogP contribution >= 0.6 is 0 Å². The number of hydrogen-bond donors (Lipinski definition) is 3. The number of aromatic nitrogens is 1. The Labute approximate surface area is 93.2 Å². The van der Waals surface area contributed by atoms with Crippen molar-refractivity contribution < 1.29 is 9.84 Å². The zero-order valence-corrected chi connectivity index (χ0v) is 9.13.